The van der Waals surface area contributed by atoms with E-state index in [1.807, 2.05) is 48.5 Å². The van der Waals surface area contributed by atoms with Crippen LogP contribution in [0.25, 0.3) is 0 Å². The molecule has 1 aliphatic heterocycles. The van der Waals surface area contributed by atoms with Gasteiger partial charge in [0.25, 0.3) is 0 Å². The highest BCUT2D eigenvalue weighted by atomic mass is 32.2. The van der Waals surface area contributed by atoms with Crippen molar-refractivity contribution in [1.29, 1.82) is 0 Å². The first-order chi connectivity index (χ1) is 16.6. The number of hydrogen-bond acceptors (Lipinski definition) is 5. The van der Waals surface area contributed by atoms with Gasteiger partial charge in [-0.2, -0.15) is 0 Å². The number of benzene rings is 2. The lowest BCUT2D eigenvalue weighted by Crippen LogP contribution is -2.23. The molecular weight excluding hydrogens is 464 g/mol. The van der Waals surface area contributed by atoms with Crippen molar-refractivity contribution >= 4 is 22.9 Å². The summed E-state index contributed by atoms with van der Waals surface area (Å²) in [6.07, 6.45) is 13.6. The molecule has 3 unspecified atom stereocenters. The summed E-state index contributed by atoms with van der Waals surface area (Å²) in [6.45, 7) is 4.61. The van der Waals surface area contributed by atoms with Gasteiger partial charge in [0, 0.05) is 18.4 Å². The van der Waals surface area contributed by atoms with Gasteiger partial charge in [0.15, 0.2) is 16.9 Å². The first-order valence-corrected chi connectivity index (χ1v) is 14.3. The van der Waals surface area contributed by atoms with Gasteiger partial charge in [0.1, 0.15) is 11.0 Å². The fourth-order valence-corrected chi connectivity index (χ4v) is 5.49. The second-order valence-electron chi connectivity index (χ2n) is 8.22. The average Bonchev–Trinajstić information content (AvgIpc) is 3.33. The number of methoxy groups -OCH3 is 1. The molecule has 0 saturated heterocycles. The molecule has 0 spiro atoms. The third-order valence-electron chi connectivity index (χ3n) is 5.44. The van der Waals surface area contributed by atoms with E-state index >= 15 is 0 Å². The van der Waals surface area contributed by atoms with Crippen LogP contribution in [0.15, 0.2) is 53.4 Å². The predicted octanol–water partition coefficient (Wildman–Crippen LogP) is 6.84. The fraction of sp³-hybridized carbons (Fsp3) is 0.500. The number of fused-ring (bicyclic) bond motifs is 1. The predicted molar refractivity (Wildman–Crippen MR) is 144 cm³/mol. The number of rotatable bonds is 13. The zero-order valence-corrected chi connectivity index (χ0v) is 22.3. The summed E-state index contributed by atoms with van der Waals surface area (Å²) in [5, 5.41) is 0.191. The molecule has 0 saturated carbocycles. The van der Waals surface area contributed by atoms with Crippen LogP contribution in [0.2, 0.25) is 0 Å². The molecule has 0 N–H and O–H groups in total. The first-order valence-electron chi connectivity index (χ1n) is 12.0. The summed E-state index contributed by atoms with van der Waals surface area (Å²) in [4.78, 5) is 1.13. The van der Waals surface area contributed by atoms with Crippen molar-refractivity contribution in [2.45, 2.75) is 74.4 Å². The van der Waals surface area contributed by atoms with Crippen LogP contribution >= 0.6 is 11.8 Å². The topological polar surface area (TPSA) is 50.8 Å². The third-order valence-corrected chi connectivity index (χ3v) is 8.29. The molecule has 0 bridgehead atoms. The zero-order chi connectivity index (χ0) is 24.6. The van der Waals surface area contributed by atoms with Gasteiger partial charge in [-0.15, -0.1) is 6.42 Å². The van der Waals surface area contributed by atoms with Crippen molar-refractivity contribution in [3.8, 4) is 23.8 Å². The minimum absolute atomic E-state index is 0.188. The van der Waals surface area contributed by atoms with Crippen molar-refractivity contribution in [3.63, 3.8) is 0 Å². The van der Waals surface area contributed by atoms with Gasteiger partial charge in [0.2, 0.25) is 6.79 Å². The van der Waals surface area contributed by atoms with E-state index in [4.69, 9.17) is 20.6 Å². The molecule has 3 atom stereocenters. The molecule has 1 aliphatic rings. The third kappa shape index (κ3) is 10.7. The van der Waals surface area contributed by atoms with Crippen molar-refractivity contribution in [2.75, 3.05) is 19.7 Å². The summed E-state index contributed by atoms with van der Waals surface area (Å²) in [5.74, 6) is 4.99. The highest BCUT2D eigenvalue weighted by Gasteiger charge is 2.19. The van der Waals surface area contributed by atoms with Gasteiger partial charge in [-0.25, -0.2) is 0 Å². The van der Waals surface area contributed by atoms with Crippen LogP contribution in [-0.4, -0.2) is 34.9 Å². The summed E-state index contributed by atoms with van der Waals surface area (Å²) < 4.78 is 28.1. The molecule has 0 radical (unpaired) electrons. The van der Waals surface area contributed by atoms with E-state index in [0.29, 0.717) is 6.79 Å². The highest BCUT2D eigenvalue weighted by molar-refractivity contribution is 8.00. The molecule has 0 fully saturated rings. The van der Waals surface area contributed by atoms with Gasteiger partial charge in [0.05, 0.1) is 0 Å². The lowest BCUT2D eigenvalue weighted by Gasteiger charge is -2.18. The second-order valence-corrected chi connectivity index (χ2v) is 11.3. The monoisotopic (exact) mass is 502 g/mol. The quantitative estimate of drug-likeness (QED) is 0.0987. The van der Waals surface area contributed by atoms with Crippen LogP contribution in [0, 0.1) is 12.3 Å². The number of terminal acetylenes is 1. The Morgan fingerprint density at radius 1 is 1.06 bits per heavy atom. The standard InChI is InChI=1S/C18H28O3S.C10H10OS/c1-3-4-5-6-7-8-11-22(19)15(2)12-16-9-10-17-18(13-16)21-14-20-17;1-3-10(11-2)12-9-7-5-4-6-8-9/h9-10,13,15H,3-8,11-12,14H2,1-2H3;1,4-8,10H,2H3. The summed E-state index contributed by atoms with van der Waals surface area (Å²) in [5.41, 5.74) is 0.987. The zero-order valence-electron chi connectivity index (χ0n) is 20.7. The van der Waals surface area contributed by atoms with Crippen LogP contribution < -0.4 is 9.47 Å². The lowest BCUT2D eigenvalue weighted by atomic mass is 10.1. The maximum atomic E-state index is 12.3. The van der Waals surface area contributed by atoms with Crippen LogP contribution in [0.3, 0.4) is 0 Å². The summed E-state index contributed by atoms with van der Waals surface area (Å²) >= 11 is 0.788. The minimum Gasteiger partial charge on any atom is -0.616 e. The lowest BCUT2D eigenvalue weighted by molar-refractivity contribution is 0.174. The highest BCUT2D eigenvalue weighted by Crippen LogP contribution is 2.33. The molecule has 0 aromatic heterocycles. The largest absolute Gasteiger partial charge is 0.616 e. The second kappa shape index (κ2) is 16.8. The maximum Gasteiger partial charge on any atom is 0.231 e. The Morgan fingerprint density at radius 2 is 1.76 bits per heavy atom. The summed E-state index contributed by atoms with van der Waals surface area (Å²) in [6, 6.07) is 16.0. The molecule has 1 heterocycles. The van der Waals surface area contributed by atoms with Crippen LogP contribution in [-0.2, 0) is 22.3 Å². The van der Waals surface area contributed by atoms with Crippen LogP contribution in [0.1, 0.15) is 57.9 Å². The average molecular weight is 503 g/mol. The van der Waals surface area contributed by atoms with E-state index < -0.39 is 11.2 Å². The van der Waals surface area contributed by atoms with E-state index in [0.717, 1.165) is 35.0 Å². The Labute approximate surface area is 213 Å². The van der Waals surface area contributed by atoms with Gasteiger partial charge in [-0.05, 0) is 49.6 Å². The molecule has 2 aromatic carbocycles. The van der Waals surface area contributed by atoms with Crippen molar-refractivity contribution in [2.24, 2.45) is 0 Å². The molecule has 4 nitrogen and oxygen atoms in total. The smallest absolute Gasteiger partial charge is 0.231 e. The Hall–Kier alpha value is -1.78. The first kappa shape index (κ1) is 28.5. The van der Waals surface area contributed by atoms with Gasteiger partial charge in [-0.3, -0.25) is 0 Å². The summed E-state index contributed by atoms with van der Waals surface area (Å²) in [7, 11) is 1.61. The molecule has 34 heavy (non-hydrogen) atoms. The SMILES string of the molecule is C#CC(OC)Sc1ccccc1.CCCCCCCC[S+]([O-])C(C)Cc1ccc2c(c1)OCO2. The van der Waals surface area contributed by atoms with Crippen molar-refractivity contribution in [3.05, 3.63) is 54.1 Å². The number of hydrogen-bond donors (Lipinski definition) is 0. The van der Waals surface area contributed by atoms with E-state index in [9.17, 15) is 4.55 Å². The Kier molecular flexibility index (Phi) is 14.0. The number of thioether (sulfide) groups is 1. The molecule has 3 rings (SSSR count). The van der Waals surface area contributed by atoms with Gasteiger partial charge in [-0.1, -0.05) is 85.7 Å². The van der Waals surface area contributed by atoms with E-state index in [2.05, 4.69) is 19.8 Å². The van der Waals surface area contributed by atoms with Crippen molar-refractivity contribution < 1.29 is 18.8 Å². The van der Waals surface area contributed by atoms with Crippen molar-refractivity contribution in [1.82, 2.24) is 0 Å². The maximum absolute atomic E-state index is 12.3. The fourth-order valence-electron chi connectivity index (χ4n) is 3.49. The van der Waals surface area contributed by atoms with Crippen LogP contribution in [0.5, 0.6) is 11.5 Å². The van der Waals surface area contributed by atoms with Crippen LogP contribution in [0.4, 0.5) is 0 Å². The Balaban J connectivity index is 0.000000287. The Morgan fingerprint density at radius 3 is 2.47 bits per heavy atom. The Bertz CT molecular complexity index is 853. The molecule has 0 amide bonds. The molecule has 6 heteroatoms. The minimum atomic E-state index is -0.743. The number of ether oxygens (including phenoxy) is 3. The van der Waals surface area contributed by atoms with Gasteiger partial charge >= 0.3 is 0 Å². The molecule has 0 aliphatic carbocycles. The number of unbranched alkanes of at least 4 members (excludes halogenated alkanes) is 5. The molecule has 186 valence electrons. The normalized spacial score (nSPS) is 14.4. The molecule has 2 aromatic rings. The van der Waals surface area contributed by atoms with E-state index in [-0.39, 0.29) is 10.7 Å². The van der Waals surface area contributed by atoms with E-state index in [1.165, 1.54) is 49.4 Å². The molecular formula is C28H38O4S2. The van der Waals surface area contributed by atoms with Gasteiger partial charge < -0.3 is 18.8 Å². The van der Waals surface area contributed by atoms with E-state index in [1.54, 1.807) is 7.11 Å².